The molecule has 0 radical (unpaired) electrons. The molecular formula is C77H88Cl2N10O28. The number of ether oxygens (including phenoxy) is 9. The number of cyclic esters (lactones) is 1. The van der Waals surface area contributed by atoms with Crippen molar-refractivity contribution in [2.24, 2.45) is 17.4 Å². The molecule has 14 rings (SSSR count). The number of halogens is 2. The number of phenols is 3. The summed E-state index contributed by atoms with van der Waals surface area (Å²) in [5.74, 6) is -14.7. The first-order chi connectivity index (χ1) is 55.4. The number of nitrogens with one attached hydrogen (secondary N) is 8. The number of carboxylic acids is 1. The van der Waals surface area contributed by atoms with Gasteiger partial charge in [-0.05, 0) is 122 Å². The lowest BCUT2D eigenvalue weighted by Gasteiger charge is -2.47. The fourth-order valence-corrected chi connectivity index (χ4v) is 14.4. The Kier molecular flexibility index (Phi) is 27.1. The summed E-state index contributed by atoms with van der Waals surface area (Å²) in [7, 11) is 3.05. The summed E-state index contributed by atoms with van der Waals surface area (Å²) in [5.41, 5.74) is 8.00. The highest BCUT2D eigenvalue weighted by molar-refractivity contribution is 6.32. The van der Waals surface area contributed by atoms with Crippen LogP contribution in [0.1, 0.15) is 105 Å². The van der Waals surface area contributed by atoms with Gasteiger partial charge >= 0.3 is 12.1 Å². The number of hydrogen-bond acceptors (Lipinski definition) is 29. The molecule has 8 amide bonds. The molecule has 628 valence electrons. The minimum atomic E-state index is -2.35. The van der Waals surface area contributed by atoms with E-state index >= 15 is 14.4 Å². The third-order valence-corrected chi connectivity index (χ3v) is 20.6. The number of amides is 8. The highest BCUT2D eigenvalue weighted by Gasteiger charge is 2.52. The number of aromatic hydroxyl groups is 3. The van der Waals surface area contributed by atoms with Gasteiger partial charge in [-0.3, -0.25) is 33.6 Å². The number of alkyl carbamates (subject to hydrolysis) is 1. The Balaban J connectivity index is 0.000000745. The molecule has 3 fully saturated rings. The Bertz CT molecular complexity index is 4770. The Morgan fingerprint density at radius 1 is 0.709 bits per heavy atom. The van der Waals surface area contributed by atoms with E-state index in [-0.39, 0.29) is 52.3 Å². The van der Waals surface area contributed by atoms with E-state index in [0.717, 1.165) is 66.7 Å². The zero-order chi connectivity index (χ0) is 84.9. The molecule has 40 heteroatoms. The Hall–Kier alpha value is -11.1. The number of carboxylic acid groups (broad SMARTS) is 1. The van der Waals surface area contributed by atoms with E-state index < -0.39 is 243 Å². The van der Waals surface area contributed by atoms with Crippen molar-refractivity contribution in [3.63, 3.8) is 0 Å². The normalized spacial score (nSPS) is 28.0. The third kappa shape index (κ3) is 19.6. The Labute approximate surface area is 676 Å². The van der Waals surface area contributed by atoms with E-state index in [1.54, 1.807) is 7.11 Å². The number of likely N-dealkylation sites (N-methyl/N-ethyl adjacent to an activating group) is 1. The molecule has 6 aromatic carbocycles. The van der Waals surface area contributed by atoms with Crippen LogP contribution in [0.3, 0.4) is 0 Å². The van der Waals surface area contributed by atoms with Crippen LogP contribution < -0.4 is 77.7 Å². The molecule has 38 nitrogen and oxygen atoms in total. The van der Waals surface area contributed by atoms with Gasteiger partial charge < -0.3 is 148 Å². The molecule has 0 saturated carbocycles. The second-order valence-corrected chi connectivity index (χ2v) is 29.9. The monoisotopic (exact) mass is 1670 g/mol. The second-order valence-electron chi connectivity index (χ2n) is 29.1. The number of nitrogens with two attached hydrogens (primary N) is 2. The molecule has 22 N–H and O–H groups in total. The van der Waals surface area contributed by atoms with Gasteiger partial charge in [-0.15, -0.1) is 0 Å². The van der Waals surface area contributed by atoms with Crippen molar-refractivity contribution < 1.29 is 137 Å². The highest BCUT2D eigenvalue weighted by atomic mass is 35.5. The van der Waals surface area contributed by atoms with Gasteiger partial charge in [0.1, 0.15) is 96.1 Å². The number of phenolic OH excluding ortho intramolecular Hbond substituents is 3. The van der Waals surface area contributed by atoms with Crippen LogP contribution in [0.2, 0.25) is 10.0 Å². The average Bonchev–Trinajstić information content (AvgIpc) is 1.52. The molecule has 0 aromatic heterocycles. The van der Waals surface area contributed by atoms with Crippen LogP contribution >= 0.6 is 23.2 Å². The molecular weight excluding hydrogens is 1580 g/mol. The summed E-state index contributed by atoms with van der Waals surface area (Å²) in [6.45, 7) is 6.46. The van der Waals surface area contributed by atoms with Crippen molar-refractivity contribution in [1.29, 1.82) is 0 Å². The van der Waals surface area contributed by atoms with E-state index in [1.807, 2.05) is 38.1 Å². The second kappa shape index (κ2) is 36.6. The van der Waals surface area contributed by atoms with Crippen molar-refractivity contribution in [1.82, 2.24) is 42.5 Å². The first-order valence-corrected chi connectivity index (χ1v) is 37.4. The number of benzene rings is 6. The molecule has 11 bridgehead atoms. The maximum atomic E-state index is 16.0. The molecule has 8 aliphatic rings. The van der Waals surface area contributed by atoms with E-state index in [2.05, 4.69) is 42.5 Å². The first kappa shape index (κ1) is 86.7. The van der Waals surface area contributed by atoms with Crippen molar-refractivity contribution in [3.8, 4) is 68.6 Å². The van der Waals surface area contributed by atoms with Crippen LogP contribution in [0.5, 0.6) is 57.5 Å². The van der Waals surface area contributed by atoms with E-state index in [0.29, 0.717) is 24.7 Å². The number of carbonyl (C=O) groups is 9. The lowest BCUT2D eigenvalue weighted by Crippen LogP contribution is -2.64. The highest BCUT2D eigenvalue weighted by Crippen LogP contribution is 2.50. The summed E-state index contributed by atoms with van der Waals surface area (Å²) in [5, 5.41) is 133. The first-order valence-electron chi connectivity index (χ1n) is 36.6. The Morgan fingerprint density at radius 2 is 1.33 bits per heavy atom. The number of aliphatic hydroxyl groups is 6. The molecule has 8 heterocycles. The van der Waals surface area contributed by atoms with Crippen LogP contribution in [-0.2, 0) is 57.3 Å². The minimum Gasteiger partial charge on any atom is -0.508 e. The number of aliphatic hydroxyl groups excluding tert-OH is 6. The predicted molar refractivity (Wildman–Crippen MR) is 406 cm³/mol. The van der Waals surface area contributed by atoms with Crippen LogP contribution in [0.4, 0.5) is 4.79 Å². The number of para-hydroxylation sites is 2. The lowest BCUT2D eigenvalue weighted by molar-refractivity contribution is -0.333. The SMILES string of the molecule is CN[C@H](CC(C)C)C(=O)N[C@H]1C(=O)N[C@@H](CC(N)=O)C(=O)N[C@H]2C(=O)N[C@H]3C(=O)N[C@H](C(=O)N[C@@H](C(=O)O)c4cc(O)cc(O)c4-c4cc3ccc4O)[C@H](O)c3ccc(c(Cl)c3)Oc3cc2cc(c3O[C@@H]2O[C@H](CO)[C@@H](O)[C@H](O)[C@H]2O[C@H]2C[C@](C)(N)C(O)[C@H](C)O2)Oc2ccc(cc2Cl)[C@H]1O.COc1ccccc1OCC1CNC(=O)O1. The lowest BCUT2D eigenvalue weighted by atomic mass is 9.86. The summed E-state index contributed by atoms with van der Waals surface area (Å²) in [6.07, 6.45) is -19.2. The van der Waals surface area contributed by atoms with Crippen LogP contribution in [0.15, 0.2) is 103 Å². The summed E-state index contributed by atoms with van der Waals surface area (Å²) < 4.78 is 53.9. The van der Waals surface area contributed by atoms with Crippen molar-refractivity contribution >= 4 is 76.6 Å². The largest absolute Gasteiger partial charge is 0.508 e. The van der Waals surface area contributed by atoms with Crippen LogP contribution in [0.25, 0.3) is 11.1 Å². The molecule has 3 saturated heterocycles. The van der Waals surface area contributed by atoms with Gasteiger partial charge in [-0.1, -0.05) is 67.4 Å². The molecule has 8 aliphatic heterocycles. The van der Waals surface area contributed by atoms with Crippen molar-refractivity contribution in [2.45, 2.75) is 162 Å². The Morgan fingerprint density at radius 3 is 1.92 bits per heavy atom. The summed E-state index contributed by atoms with van der Waals surface area (Å²) in [6, 6.07) is 6.67. The summed E-state index contributed by atoms with van der Waals surface area (Å²) >= 11 is 14.1. The summed E-state index contributed by atoms with van der Waals surface area (Å²) in [4.78, 5) is 128. The smallest absolute Gasteiger partial charge is 0.407 e. The third-order valence-electron chi connectivity index (χ3n) is 20.0. The molecule has 0 spiro atoms. The number of carbonyl (C=O) groups excluding carboxylic acids is 8. The van der Waals surface area contributed by atoms with E-state index in [9.17, 15) is 79.8 Å². The van der Waals surface area contributed by atoms with E-state index in [1.165, 1.54) is 33.0 Å². The quantitative estimate of drug-likeness (QED) is 0.0612. The average molecular weight is 1670 g/mol. The van der Waals surface area contributed by atoms with Crippen LogP contribution in [-0.4, -0.2) is 223 Å². The van der Waals surface area contributed by atoms with Crippen molar-refractivity contribution in [3.05, 3.63) is 141 Å². The van der Waals surface area contributed by atoms with Gasteiger partial charge in [-0.2, -0.15) is 0 Å². The standard InChI is InChI=1S/C66H75Cl2N9O24.C11H13NO4/c1-23(2)12-34(71-5)58(88)76-49-51(83)26-7-10-38(32(67)14-26)97-40-16-28-17-41(55(40)101-65-56(54(86)53(85)42(22-78)99-65)100-44-21-66(4,70)57(87)24(3)96-44)98-39-11-8-27(15-33(39)68)52(84)50-63(93)75-48(64(94)95)31-18-29(79)19-37(81)45(31)30-13-25(6-9-36(30)80)46(60(90)77-50)74-61(91)47(28)73-59(89)35(20-43(69)82)72-62(49)92;1-14-9-4-2-3-5-10(9)15-7-8-6-12-11(13)16-8/h6-11,13-19,23-24,34-35,42,44,46-54,56-57,65,71,78-81,83-87H,12,20-22,70H2,1-5H3,(H2,69,82)(H,72,92)(H,73,89)(H,74,91)(H,75,93)(H,76,88)(H,77,90)(H,94,95);2-5,8H,6-7H2,1H3,(H,12,13)/t24-,34+,35-,42+,44-,46+,47+,48+,49+,50-,51+,52+,53+,54-,56+,57?,65-,66-;/m0./s1. The van der Waals surface area contributed by atoms with Gasteiger partial charge in [0.2, 0.25) is 53.4 Å². The van der Waals surface area contributed by atoms with Crippen LogP contribution in [0, 0.1) is 5.92 Å². The zero-order valence-corrected chi connectivity index (χ0v) is 64.8. The number of hydrogen-bond donors (Lipinski definition) is 20. The number of primary amides is 1. The molecule has 0 aliphatic carbocycles. The van der Waals surface area contributed by atoms with Gasteiger partial charge in [0.05, 0.1) is 55.0 Å². The maximum Gasteiger partial charge on any atom is 0.407 e. The van der Waals surface area contributed by atoms with Gasteiger partial charge in [0.25, 0.3) is 0 Å². The van der Waals surface area contributed by atoms with E-state index in [4.69, 9.17) is 77.3 Å². The molecule has 19 atom stereocenters. The number of aliphatic carboxylic acids is 1. The topological polar surface area (TPSA) is 587 Å². The van der Waals surface area contributed by atoms with Gasteiger partial charge in [-0.25, -0.2) is 9.59 Å². The fourth-order valence-electron chi connectivity index (χ4n) is 13.9. The van der Waals surface area contributed by atoms with Crippen molar-refractivity contribution in [2.75, 3.05) is 33.9 Å². The van der Waals surface area contributed by atoms with Gasteiger partial charge in [0.15, 0.2) is 47.5 Å². The fraction of sp³-hybridized carbons (Fsp3) is 0.416. The minimum absolute atomic E-state index is 0.0975. The van der Waals surface area contributed by atoms with Gasteiger partial charge in [0, 0.05) is 34.7 Å². The number of rotatable bonds is 17. The maximum absolute atomic E-state index is 16.0. The molecule has 6 aromatic rings. The molecule has 117 heavy (non-hydrogen) atoms. The molecule has 2 unspecified atom stereocenters. The number of fused-ring (bicyclic) bond motifs is 15. The predicted octanol–water partition coefficient (Wildman–Crippen LogP) is 1.29. The number of methoxy groups -OCH3 is 1. The zero-order valence-electron chi connectivity index (χ0n) is 63.3.